The van der Waals surface area contributed by atoms with Gasteiger partial charge in [0.25, 0.3) is 0 Å². The van der Waals surface area contributed by atoms with Gasteiger partial charge in [-0.05, 0) is 24.8 Å². The smallest absolute Gasteiger partial charge is 0.326 e. The summed E-state index contributed by atoms with van der Waals surface area (Å²) in [6, 6.07) is 7.18. The average Bonchev–Trinajstić information content (AvgIpc) is 3.12. The van der Waals surface area contributed by atoms with Gasteiger partial charge in [0, 0.05) is 18.4 Å². The zero-order chi connectivity index (χ0) is 12.3. The van der Waals surface area contributed by atoms with Gasteiger partial charge >= 0.3 is 5.97 Å². The second kappa shape index (κ2) is 5.19. The van der Waals surface area contributed by atoms with Gasteiger partial charge in [-0.2, -0.15) is 0 Å². The van der Waals surface area contributed by atoms with E-state index in [1.165, 1.54) is 0 Å². The Bertz CT molecular complexity index is 401. The molecule has 1 saturated carbocycles. The lowest BCUT2D eigenvalue weighted by Crippen LogP contribution is -2.31. The normalized spacial score (nSPS) is 16.5. The van der Waals surface area contributed by atoms with Gasteiger partial charge < -0.3 is 15.2 Å². The number of carboxylic acid groups (broad SMARTS) is 1. The van der Waals surface area contributed by atoms with Crippen molar-refractivity contribution in [3.05, 3.63) is 29.8 Å². The van der Waals surface area contributed by atoms with Crippen LogP contribution in [0.25, 0.3) is 0 Å². The van der Waals surface area contributed by atoms with Gasteiger partial charge in [-0.15, -0.1) is 0 Å². The van der Waals surface area contributed by atoms with Crippen LogP contribution in [0.1, 0.15) is 18.4 Å². The summed E-state index contributed by atoms with van der Waals surface area (Å²) < 4.78 is 5.10. The highest BCUT2D eigenvalue weighted by Gasteiger charge is 2.36. The lowest BCUT2D eigenvalue weighted by atomic mass is 10.1. The quantitative estimate of drug-likeness (QED) is 0.792. The van der Waals surface area contributed by atoms with Crippen molar-refractivity contribution in [2.75, 3.05) is 12.4 Å². The van der Waals surface area contributed by atoms with Gasteiger partial charge in [-0.25, -0.2) is 4.79 Å². The van der Waals surface area contributed by atoms with Gasteiger partial charge in [0.15, 0.2) is 0 Å². The summed E-state index contributed by atoms with van der Waals surface area (Å²) in [5.41, 5.74) is 1.84. The van der Waals surface area contributed by atoms with E-state index in [9.17, 15) is 9.90 Å². The number of ether oxygens (including phenoxy) is 1. The molecular weight excluding hydrogens is 218 g/mol. The molecule has 4 nitrogen and oxygen atoms in total. The van der Waals surface area contributed by atoms with Crippen molar-refractivity contribution in [1.82, 2.24) is 0 Å². The second-order valence-corrected chi connectivity index (χ2v) is 4.39. The molecule has 0 aromatic heterocycles. The van der Waals surface area contributed by atoms with Crippen molar-refractivity contribution in [2.24, 2.45) is 5.92 Å². The maximum Gasteiger partial charge on any atom is 0.326 e. The average molecular weight is 235 g/mol. The van der Waals surface area contributed by atoms with E-state index < -0.39 is 12.0 Å². The fraction of sp³-hybridized carbons (Fsp3) is 0.462. The van der Waals surface area contributed by atoms with E-state index in [1.54, 1.807) is 7.11 Å². The van der Waals surface area contributed by atoms with E-state index in [2.05, 4.69) is 5.32 Å². The summed E-state index contributed by atoms with van der Waals surface area (Å²) in [5.74, 6) is -0.511. The third kappa shape index (κ3) is 2.97. The van der Waals surface area contributed by atoms with Gasteiger partial charge in [0.2, 0.25) is 0 Å². The van der Waals surface area contributed by atoms with Gasteiger partial charge in [-0.1, -0.05) is 18.2 Å². The number of hydrogen-bond acceptors (Lipinski definition) is 3. The molecule has 1 aliphatic rings. The SMILES string of the molecule is COCc1ccccc1NC(C(=O)O)C1CC1. The van der Waals surface area contributed by atoms with E-state index in [4.69, 9.17) is 4.74 Å². The molecule has 1 aromatic rings. The van der Waals surface area contributed by atoms with Crippen LogP contribution < -0.4 is 5.32 Å². The van der Waals surface area contributed by atoms with Crippen molar-refractivity contribution in [2.45, 2.75) is 25.5 Å². The van der Waals surface area contributed by atoms with Gasteiger partial charge in [0.05, 0.1) is 6.61 Å². The third-order valence-corrected chi connectivity index (χ3v) is 2.99. The van der Waals surface area contributed by atoms with E-state index in [1.807, 2.05) is 24.3 Å². The molecule has 0 radical (unpaired) electrons. The Morgan fingerprint density at radius 2 is 2.24 bits per heavy atom. The highest BCUT2D eigenvalue weighted by molar-refractivity contribution is 5.78. The summed E-state index contributed by atoms with van der Waals surface area (Å²) in [5, 5.41) is 12.3. The number of carbonyl (C=O) groups is 1. The molecule has 2 N–H and O–H groups in total. The number of carboxylic acids is 1. The molecule has 0 saturated heterocycles. The second-order valence-electron chi connectivity index (χ2n) is 4.39. The van der Waals surface area contributed by atoms with Crippen LogP contribution in [0.15, 0.2) is 24.3 Å². The number of hydrogen-bond donors (Lipinski definition) is 2. The number of para-hydroxylation sites is 1. The molecule has 2 rings (SSSR count). The number of nitrogens with one attached hydrogen (secondary N) is 1. The Balaban J connectivity index is 2.13. The predicted molar refractivity (Wildman–Crippen MR) is 64.9 cm³/mol. The van der Waals surface area contributed by atoms with Crippen molar-refractivity contribution in [3.63, 3.8) is 0 Å². The number of rotatable bonds is 6. The summed E-state index contributed by atoms with van der Waals surface area (Å²) in [6.07, 6.45) is 1.99. The van der Waals surface area contributed by atoms with Crippen molar-refractivity contribution in [3.8, 4) is 0 Å². The highest BCUT2D eigenvalue weighted by Crippen LogP contribution is 2.34. The largest absolute Gasteiger partial charge is 0.480 e. The maximum atomic E-state index is 11.2. The molecule has 1 aromatic carbocycles. The molecule has 0 spiro atoms. The molecule has 17 heavy (non-hydrogen) atoms. The van der Waals surface area contributed by atoms with Crippen LogP contribution in [0, 0.1) is 5.92 Å². The van der Waals surface area contributed by atoms with Crippen LogP contribution in [0.4, 0.5) is 5.69 Å². The molecular formula is C13H17NO3. The Kier molecular flexibility index (Phi) is 3.64. The van der Waals surface area contributed by atoms with Gasteiger partial charge in [-0.3, -0.25) is 0 Å². The zero-order valence-electron chi connectivity index (χ0n) is 9.85. The minimum absolute atomic E-state index is 0.267. The molecule has 1 fully saturated rings. The van der Waals surface area contributed by atoms with Crippen LogP contribution in [0.3, 0.4) is 0 Å². The van der Waals surface area contributed by atoms with Crippen LogP contribution in [0.2, 0.25) is 0 Å². The summed E-state index contributed by atoms with van der Waals surface area (Å²) in [6.45, 7) is 0.486. The van der Waals surface area contributed by atoms with E-state index in [-0.39, 0.29) is 5.92 Å². The lowest BCUT2D eigenvalue weighted by Gasteiger charge is -2.17. The fourth-order valence-corrected chi connectivity index (χ4v) is 1.92. The first-order valence-corrected chi connectivity index (χ1v) is 5.78. The first-order chi connectivity index (χ1) is 8.22. The minimum Gasteiger partial charge on any atom is -0.480 e. The lowest BCUT2D eigenvalue weighted by molar-refractivity contribution is -0.138. The number of anilines is 1. The van der Waals surface area contributed by atoms with Crippen LogP contribution >= 0.6 is 0 Å². The fourth-order valence-electron chi connectivity index (χ4n) is 1.92. The summed E-state index contributed by atoms with van der Waals surface area (Å²) >= 11 is 0. The van der Waals surface area contributed by atoms with Crippen molar-refractivity contribution in [1.29, 1.82) is 0 Å². The number of benzene rings is 1. The van der Waals surface area contributed by atoms with Crippen molar-refractivity contribution < 1.29 is 14.6 Å². The predicted octanol–water partition coefficient (Wildman–Crippen LogP) is 2.11. The maximum absolute atomic E-state index is 11.2. The first kappa shape index (κ1) is 11.9. The number of aliphatic carboxylic acids is 1. The Labute approximate surface area is 101 Å². The van der Waals surface area contributed by atoms with E-state index >= 15 is 0 Å². The molecule has 0 bridgehead atoms. The Morgan fingerprint density at radius 3 is 2.82 bits per heavy atom. The Morgan fingerprint density at radius 1 is 1.53 bits per heavy atom. The molecule has 0 amide bonds. The molecule has 4 heteroatoms. The van der Waals surface area contributed by atoms with Crippen molar-refractivity contribution >= 4 is 11.7 Å². The standard InChI is InChI=1S/C13H17NO3/c1-17-8-10-4-2-3-5-11(10)14-12(13(15)16)9-6-7-9/h2-5,9,12,14H,6-8H2,1H3,(H,15,16). The molecule has 92 valence electrons. The third-order valence-electron chi connectivity index (χ3n) is 2.99. The molecule has 1 aliphatic carbocycles. The van der Waals surface area contributed by atoms with Crippen LogP contribution in [0.5, 0.6) is 0 Å². The van der Waals surface area contributed by atoms with Crippen LogP contribution in [-0.2, 0) is 16.1 Å². The van der Waals surface area contributed by atoms with E-state index in [0.717, 1.165) is 24.1 Å². The monoisotopic (exact) mass is 235 g/mol. The molecule has 0 heterocycles. The molecule has 0 aliphatic heterocycles. The summed E-state index contributed by atoms with van der Waals surface area (Å²) in [7, 11) is 1.63. The van der Waals surface area contributed by atoms with Crippen LogP contribution in [-0.4, -0.2) is 24.2 Å². The zero-order valence-corrected chi connectivity index (χ0v) is 9.85. The molecule has 1 atom stereocenters. The Hall–Kier alpha value is -1.55. The summed E-state index contributed by atoms with van der Waals surface area (Å²) in [4.78, 5) is 11.2. The topological polar surface area (TPSA) is 58.6 Å². The van der Waals surface area contributed by atoms with Gasteiger partial charge in [0.1, 0.15) is 6.04 Å². The number of methoxy groups -OCH3 is 1. The minimum atomic E-state index is -0.778. The molecule has 1 unspecified atom stereocenters. The van der Waals surface area contributed by atoms with E-state index in [0.29, 0.717) is 6.61 Å². The highest BCUT2D eigenvalue weighted by atomic mass is 16.5. The first-order valence-electron chi connectivity index (χ1n) is 5.78.